The number of carboxylic acids is 1. The molecule has 0 saturated heterocycles. The number of carboxylic acid groups (broad SMARTS) is 1. The quantitative estimate of drug-likeness (QED) is 0.571. The van der Waals surface area contributed by atoms with E-state index in [1.165, 1.54) is 18.2 Å². The van der Waals surface area contributed by atoms with Crippen molar-refractivity contribution in [2.75, 3.05) is 0 Å². The molecule has 1 unspecified atom stereocenters. The van der Waals surface area contributed by atoms with Gasteiger partial charge in [0.15, 0.2) is 5.43 Å². The van der Waals surface area contributed by atoms with Gasteiger partial charge in [-0.25, -0.2) is 4.79 Å². The average Bonchev–Trinajstić information content (AvgIpc) is 2.67. The number of aliphatic carboxylic acids is 1. The second-order valence-corrected chi connectivity index (χ2v) is 7.05. The van der Waals surface area contributed by atoms with E-state index in [1.54, 1.807) is 18.2 Å². The van der Waals surface area contributed by atoms with Gasteiger partial charge in [-0.2, -0.15) is 0 Å². The van der Waals surface area contributed by atoms with Gasteiger partial charge in [0, 0.05) is 17.2 Å². The molecule has 1 heterocycles. The molecule has 4 N–H and O–H groups in total. The normalized spacial score (nSPS) is 11.8. The van der Waals surface area contributed by atoms with Gasteiger partial charge in [-0.15, -0.1) is 0 Å². The number of aryl methyl sites for hydroxylation is 2. The average molecular weight is 408 g/mol. The maximum absolute atomic E-state index is 12.5. The van der Waals surface area contributed by atoms with Gasteiger partial charge in [-0.1, -0.05) is 18.2 Å². The third kappa shape index (κ3) is 4.38. The van der Waals surface area contributed by atoms with Crippen LogP contribution in [-0.2, 0) is 9.59 Å². The number of rotatable bonds is 6. The van der Waals surface area contributed by atoms with Crippen molar-refractivity contribution in [2.24, 2.45) is 5.73 Å². The molecule has 0 spiro atoms. The van der Waals surface area contributed by atoms with Gasteiger partial charge < -0.3 is 20.6 Å². The third-order valence-corrected chi connectivity index (χ3v) is 4.60. The molecule has 0 aliphatic rings. The Morgan fingerprint density at radius 1 is 1.10 bits per heavy atom. The van der Waals surface area contributed by atoms with E-state index >= 15 is 0 Å². The molecule has 0 fully saturated rings. The summed E-state index contributed by atoms with van der Waals surface area (Å²) in [5.41, 5.74) is 7.91. The van der Waals surface area contributed by atoms with Crippen LogP contribution >= 0.6 is 0 Å². The van der Waals surface area contributed by atoms with Crippen molar-refractivity contribution >= 4 is 28.8 Å². The van der Waals surface area contributed by atoms with E-state index in [2.05, 4.69) is 5.32 Å². The standard InChI is InChI=1S/C22H20N2O6/c1-11-7-12(2)20-15(8-11)17(25)10-18(30-20)13-3-5-14(6-4-13)21(27)24-16(22(28)29)9-19(23)26/h3-8,10,16H,9H2,1-2H3,(H2,23,26)(H,24,27)(H,28,29). The third-order valence-electron chi connectivity index (χ3n) is 4.60. The van der Waals surface area contributed by atoms with Crippen LogP contribution in [0.1, 0.15) is 27.9 Å². The molecule has 2 amide bonds. The fraction of sp³-hybridized carbons (Fsp3) is 0.182. The Morgan fingerprint density at radius 2 is 1.77 bits per heavy atom. The van der Waals surface area contributed by atoms with Crippen molar-refractivity contribution in [2.45, 2.75) is 26.3 Å². The lowest BCUT2D eigenvalue weighted by Crippen LogP contribution is -2.43. The number of nitrogens with two attached hydrogens (primary N) is 1. The van der Waals surface area contributed by atoms with E-state index in [0.29, 0.717) is 22.3 Å². The second-order valence-electron chi connectivity index (χ2n) is 7.05. The molecule has 0 saturated carbocycles. The first kappa shape index (κ1) is 20.8. The fourth-order valence-corrected chi connectivity index (χ4v) is 3.18. The Hall–Kier alpha value is -3.94. The summed E-state index contributed by atoms with van der Waals surface area (Å²) in [7, 11) is 0. The first-order valence-electron chi connectivity index (χ1n) is 9.13. The Balaban J connectivity index is 1.88. The fourth-order valence-electron chi connectivity index (χ4n) is 3.18. The van der Waals surface area contributed by atoms with E-state index in [1.807, 2.05) is 19.9 Å². The van der Waals surface area contributed by atoms with Crippen LogP contribution in [-0.4, -0.2) is 28.9 Å². The first-order valence-corrected chi connectivity index (χ1v) is 9.13. The van der Waals surface area contributed by atoms with Gasteiger partial charge >= 0.3 is 5.97 Å². The van der Waals surface area contributed by atoms with Crippen LogP contribution in [0.4, 0.5) is 0 Å². The monoisotopic (exact) mass is 408 g/mol. The topological polar surface area (TPSA) is 140 Å². The number of carbonyl (C=O) groups excluding carboxylic acids is 2. The Morgan fingerprint density at radius 3 is 2.37 bits per heavy atom. The summed E-state index contributed by atoms with van der Waals surface area (Å²) >= 11 is 0. The van der Waals surface area contributed by atoms with Crippen LogP contribution in [0.25, 0.3) is 22.3 Å². The second kappa shape index (κ2) is 8.20. The van der Waals surface area contributed by atoms with Crippen molar-refractivity contribution in [1.82, 2.24) is 5.32 Å². The summed E-state index contributed by atoms with van der Waals surface area (Å²) in [4.78, 5) is 46.9. The number of carbonyl (C=O) groups is 3. The molecule has 154 valence electrons. The number of hydrogen-bond donors (Lipinski definition) is 3. The minimum atomic E-state index is -1.42. The van der Waals surface area contributed by atoms with Crippen molar-refractivity contribution in [3.63, 3.8) is 0 Å². The Kier molecular flexibility index (Phi) is 5.68. The van der Waals surface area contributed by atoms with Gasteiger partial charge in [0.25, 0.3) is 5.91 Å². The zero-order valence-electron chi connectivity index (χ0n) is 16.4. The van der Waals surface area contributed by atoms with Crippen molar-refractivity contribution < 1.29 is 23.9 Å². The molecular formula is C22H20N2O6. The van der Waals surface area contributed by atoms with E-state index in [-0.39, 0.29) is 11.0 Å². The number of benzene rings is 2. The molecule has 1 aromatic heterocycles. The molecule has 8 heteroatoms. The van der Waals surface area contributed by atoms with E-state index in [4.69, 9.17) is 15.3 Å². The number of hydrogen-bond acceptors (Lipinski definition) is 5. The van der Waals surface area contributed by atoms with E-state index < -0.39 is 30.2 Å². The lowest BCUT2D eigenvalue weighted by atomic mass is 10.0. The van der Waals surface area contributed by atoms with Crippen LogP contribution in [0.5, 0.6) is 0 Å². The highest BCUT2D eigenvalue weighted by atomic mass is 16.4. The maximum atomic E-state index is 12.5. The molecule has 1 atom stereocenters. The molecule has 0 bridgehead atoms. The molecular weight excluding hydrogens is 388 g/mol. The first-order chi connectivity index (χ1) is 14.2. The van der Waals surface area contributed by atoms with Crippen LogP contribution in [0.15, 0.2) is 51.7 Å². The van der Waals surface area contributed by atoms with Gasteiger partial charge in [0.05, 0.1) is 11.8 Å². The Bertz CT molecular complexity index is 1210. The minimum absolute atomic E-state index is 0.171. The van der Waals surface area contributed by atoms with Crippen LogP contribution in [0, 0.1) is 13.8 Å². The highest BCUT2D eigenvalue weighted by molar-refractivity contribution is 5.98. The van der Waals surface area contributed by atoms with Crippen LogP contribution < -0.4 is 16.5 Å². The van der Waals surface area contributed by atoms with E-state index in [9.17, 15) is 19.2 Å². The lowest BCUT2D eigenvalue weighted by Gasteiger charge is -2.13. The van der Waals surface area contributed by atoms with Crippen molar-refractivity contribution in [3.8, 4) is 11.3 Å². The van der Waals surface area contributed by atoms with Gasteiger partial charge in [-0.05, 0) is 43.2 Å². The van der Waals surface area contributed by atoms with Gasteiger partial charge in [0.2, 0.25) is 5.91 Å². The number of nitrogens with one attached hydrogen (secondary N) is 1. The zero-order chi connectivity index (χ0) is 22.0. The molecule has 0 radical (unpaired) electrons. The summed E-state index contributed by atoms with van der Waals surface area (Å²) < 4.78 is 5.92. The largest absolute Gasteiger partial charge is 0.480 e. The van der Waals surface area contributed by atoms with Crippen LogP contribution in [0.2, 0.25) is 0 Å². The van der Waals surface area contributed by atoms with E-state index in [0.717, 1.165) is 11.1 Å². The summed E-state index contributed by atoms with van der Waals surface area (Å²) in [6.07, 6.45) is -0.514. The summed E-state index contributed by atoms with van der Waals surface area (Å²) in [6.45, 7) is 3.77. The highest BCUT2D eigenvalue weighted by Crippen LogP contribution is 2.25. The van der Waals surface area contributed by atoms with Crippen molar-refractivity contribution in [3.05, 3.63) is 69.4 Å². The number of amides is 2. The molecule has 2 aromatic carbocycles. The molecule has 30 heavy (non-hydrogen) atoms. The molecule has 0 aliphatic carbocycles. The predicted molar refractivity (Wildman–Crippen MR) is 110 cm³/mol. The van der Waals surface area contributed by atoms with Crippen LogP contribution in [0.3, 0.4) is 0 Å². The zero-order valence-corrected chi connectivity index (χ0v) is 16.4. The lowest BCUT2D eigenvalue weighted by molar-refractivity contribution is -0.140. The Labute approximate surface area is 171 Å². The molecule has 8 nitrogen and oxygen atoms in total. The summed E-state index contributed by atoms with van der Waals surface area (Å²) in [5.74, 6) is -2.51. The van der Waals surface area contributed by atoms with Gasteiger partial charge in [0.1, 0.15) is 17.4 Å². The van der Waals surface area contributed by atoms with Crippen molar-refractivity contribution in [1.29, 1.82) is 0 Å². The summed E-state index contributed by atoms with van der Waals surface area (Å²) in [6, 6.07) is 9.80. The van der Waals surface area contributed by atoms with Gasteiger partial charge in [-0.3, -0.25) is 14.4 Å². The predicted octanol–water partition coefficient (Wildman–Crippen LogP) is 2.14. The molecule has 0 aliphatic heterocycles. The smallest absolute Gasteiger partial charge is 0.326 e. The maximum Gasteiger partial charge on any atom is 0.326 e. The SMILES string of the molecule is Cc1cc(C)c2oc(-c3ccc(C(=O)NC(CC(N)=O)C(=O)O)cc3)cc(=O)c2c1. The minimum Gasteiger partial charge on any atom is -0.480 e. The number of fused-ring (bicyclic) bond motifs is 1. The summed E-state index contributed by atoms with van der Waals surface area (Å²) in [5, 5.41) is 11.9. The number of primary amides is 1. The molecule has 3 rings (SSSR count). The molecule has 3 aromatic rings. The highest BCUT2D eigenvalue weighted by Gasteiger charge is 2.22.